The third-order valence-corrected chi connectivity index (χ3v) is 3.13. The molecule has 0 atom stereocenters. The van der Waals surface area contributed by atoms with Gasteiger partial charge in [-0.05, 0) is 18.6 Å². The fourth-order valence-electron chi connectivity index (χ4n) is 1.86. The van der Waals surface area contributed by atoms with Gasteiger partial charge in [0, 0.05) is 19.3 Å². The fraction of sp³-hybridized carbons (Fsp3) is 0.417. The predicted octanol–water partition coefficient (Wildman–Crippen LogP) is 0.926. The first-order valence-electron chi connectivity index (χ1n) is 5.76. The molecule has 1 saturated heterocycles. The van der Waals surface area contributed by atoms with Crippen molar-refractivity contribution in [2.24, 2.45) is 0 Å². The van der Waals surface area contributed by atoms with Gasteiger partial charge in [0.1, 0.15) is 11.7 Å². The summed E-state index contributed by atoms with van der Waals surface area (Å²) in [4.78, 5) is 30.6. The van der Waals surface area contributed by atoms with Crippen LogP contribution in [0.25, 0.3) is 0 Å². The highest BCUT2D eigenvalue weighted by atomic mass is 35.5. The summed E-state index contributed by atoms with van der Waals surface area (Å²) >= 11 is 5.69. The van der Waals surface area contributed by atoms with Crippen molar-refractivity contribution in [1.29, 1.82) is 0 Å². The Labute approximate surface area is 110 Å². The molecule has 0 aromatic carbocycles. The summed E-state index contributed by atoms with van der Waals surface area (Å²) in [6.07, 6.45) is 1.62. The summed E-state index contributed by atoms with van der Waals surface area (Å²) in [6.45, 7) is 3.13. The topological polar surface area (TPSA) is 53.5 Å². The molecular weight excluding hydrogens is 254 g/mol. The second-order valence-corrected chi connectivity index (χ2v) is 4.53. The van der Waals surface area contributed by atoms with Crippen LogP contribution in [0.5, 0.6) is 0 Å². The molecule has 0 aliphatic carbocycles. The molecule has 5 nitrogen and oxygen atoms in total. The van der Waals surface area contributed by atoms with Gasteiger partial charge in [-0.1, -0.05) is 17.7 Å². The third kappa shape index (κ3) is 2.79. The molecule has 1 fully saturated rings. The van der Waals surface area contributed by atoms with E-state index in [9.17, 15) is 9.59 Å². The van der Waals surface area contributed by atoms with Crippen LogP contribution in [-0.4, -0.2) is 46.2 Å². The van der Waals surface area contributed by atoms with Gasteiger partial charge in [-0.15, -0.1) is 0 Å². The van der Waals surface area contributed by atoms with Crippen LogP contribution >= 0.6 is 11.6 Å². The van der Waals surface area contributed by atoms with E-state index in [4.69, 9.17) is 11.6 Å². The summed E-state index contributed by atoms with van der Waals surface area (Å²) in [5.41, 5.74) is 0.866. The van der Waals surface area contributed by atoms with Gasteiger partial charge in [0.2, 0.25) is 11.8 Å². The van der Waals surface area contributed by atoms with Gasteiger partial charge in [-0.25, -0.2) is 4.98 Å². The number of halogens is 1. The minimum atomic E-state index is -0.0357. The first kappa shape index (κ1) is 12.8. The monoisotopic (exact) mass is 267 g/mol. The second-order valence-electron chi connectivity index (χ2n) is 4.15. The summed E-state index contributed by atoms with van der Waals surface area (Å²) in [6, 6.07) is 3.48. The van der Waals surface area contributed by atoms with E-state index in [0.29, 0.717) is 18.2 Å². The summed E-state index contributed by atoms with van der Waals surface area (Å²) in [7, 11) is 0. The highest BCUT2D eigenvalue weighted by Gasteiger charge is 2.28. The van der Waals surface area contributed by atoms with E-state index in [0.717, 1.165) is 5.56 Å². The molecule has 0 radical (unpaired) electrons. The van der Waals surface area contributed by atoms with Crippen molar-refractivity contribution < 1.29 is 9.59 Å². The Balaban J connectivity index is 2.04. The van der Waals surface area contributed by atoms with Crippen molar-refractivity contribution in [2.75, 3.05) is 19.6 Å². The maximum absolute atomic E-state index is 11.9. The smallest absolute Gasteiger partial charge is 0.242 e. The molecule has 18 heavy (non-hydrogen) atoms. The number of aromatic nitrogens is 1. The molecule has 0 saturated carbocycles. The average Bonchev–Trinajstić information content (AvgIpc) is 2.36. The molecule has 1 aromatic rings. The Morgan fingerprint density at radius 2 is 1.89 bits per heavy atom. The van der Waals surface area contributed by atoms with Crippen molar-refractivity contribution in [3.63, 3.8) is 0 Å². The number of carbonyl (C=O) groups excluding carboxylic acids is 2. The lowest BCUT2D eigenvalue weighted by atomic mass is 10.2. The fourth-order valence-corrected chi connectivity index (χ4v) is 1.97. The zero-order valence-electron chi connectivity index (χ0n) is 10.1. The van der Waals surface area contributed by atoms with Crippen molar-refractivity contribution in [1.82, 2.24) is 14.8 Å². The average molecular weight is 268 g/mol. The van der Waals surface area contributed by atoms with E-state index in [-0.39, 0.29) is 24.9 Å². The molecule has 6 heteroatoms. The van der Waals surface area contributed by atoms with E-state index in [2.05, 4.69) is 4.98 Å². The lowest BCUT2D eigenvalue weighted by molar-refractivity contribution is -0.150. The van der Waals surface area contributed by atoms with E-state index in [1.165, 1.54) is 0 Å². The zero-order valence-corrected chi connectivity index (χ0v) is 10.9. The molecule has 1 aromatic heterocycles. The molecule has 1 aliphatic rings. The maximum atomic E-state index is 11.9. The van der Waals surface area contributed by atoms with Crippen LogP contribution in [0.4, 0.5) is 0 Å². The quantitative estimate of drug-likeness (QED) is 0.766. The van der Waals surface area contributed by atoms with E-state index in [1.54, 1.807) is 28.1 Å². The van der Waals surface area contributed by atoms with Crippen LogP contribution in [0, 0.1) is 0 Å². The van der Waals surface area contributed by atoms with Gasteiger partial charge in [-0.3, -0.25) is 9.59 Å². The van der Waals surface area contributed by atoms with Crippen LogP contribution in [0.2, 0.25) is 5.15 Å². The van der Waals surface area contributed by atoms with E-state index < -0.39 is 0 Å². The Morgan fingerprint density at radius 3 is 2.50 bits per heavy atom. The van der Waals surface area contributed by atoms with Gasteiger partial charge in [0.25, 0.3) is 0 Å². The Hall–Kier alpha value is -1.62. The molecular formula is C12H14ClN3O2. The molecule has 2 heterocycles. The summed E-state index contributed by atoms with van der Waals surface area (Å²) in [5.74, 6) is -0.0505. The van der Waals surface area contributed by atoms with Crippen molar-refractivity contribution in [2.45, 2.75) is 13.5 Å². The lowest BCUT2D eigenvalue weighted by Gasteiger charge is -2.33. The second kappa shape index (κ2) is 5.35. The number of likely N-dealkylation sites (N-methyl/N-ethyl adjacent to an activating group) is 1. The number of hydrogen-bond acceptors (Lipinski definition) is 3. The number of piperazine rings is 1. The summed E-state index contributed by atoms with van der Waals surface area (Å²) in [5, 5.41) is 0.414. The van der Waals surface area contributed by atoms with Crippen LogP contribution in [0.1, 0.15) is 12.5 Å². The van der Waals surface area contributed by atoms with Crippen LogP contribution in [0.15, 0.2) is 18.3 Å². The van der Waals surface area contributed by atoms with Gasteiger partial charge in [0.05, 0.1) is 6.54 Å². The van der Waals surface area contributed by atoms with Gasteiger partial charge in [-0.2, -0.15) is 0 Å². The minimum absolute atomic E-state index is 0.0148. The normalized spacial score (nSPS) is 16.3. The molecule has 1 aliphatic heterocycles. The van der Waals surface area contributed by atoms with Gasteiger partial charge < -0.3 is 9.80 Å². The Bertz CT molecular complexity index is 461. The largest absolute Gasteiger partial charge is 0.332 e. The Morgan fingerprint density at radius 1 is 1.22 bits per heavy atom. The van der Waals surface area contributed by atoms with Crippen LogP contribution in [0.3, 0.4) is 0 Å². The third-order valence-electron chi connectivity index (χ3n) is 2.90. The highest BCUT2D eigenvalue weighted by molar-refractivity contribution is 6.29. The van der Waals surface area contributed by atoms with Gasteiger partial charge in [0.15, 0.2) is 0 Å². The molecule has 0 bridgehead atoms. The number of rotatable bonds is 3. The highest BCUT2D eigenvalue weighted by Crippen LogP contribution is 2.11. The van der Waals surface area contributed by atoms with Crippen molar-refractivity contribution in [3.05, 3.63) is 29.0 Å². The number of carbonyl (C=O) groups is 2. The molecule has 2 amide bonds. The number of amides is 2. The molecule has 2 rings (SSSR count). The Kier molecular flexibility index (Phi) is 3.81. The van der Waals surface area contributed by atoms with E-state index in [1.807, 2.05) is 6.92 Å². The first-order valence-corrected chi connectivity index (χ1v) is 6.14. The molecule has 0 spiro atoms. The molecule has 96 valence electrons. The predicted molar refractivity (Wildman–Crippen MR) is 66.9 cm³/mol. The van der Waals surface area contributed by atoms with Crippen LogP contribution < -0.4 is 0 Å². The minimum Gasteiger partial charge on any atom is -0.332 e. The van der Waals surface area contributed by atoms with Crippen molar-refractivity contribution >= 4 is 23.4 Å². The standard InChI is InChI=1S/C12H14ClN3O2/c1-2-15-7-12(18)16(8-11(15)17)6-9-3-4-10(13)14-5-9/h3-5H,2,6-8H2,1H3. The maximum Gasteiger partial charge on any atom is 0.242 e. The SMILES string of the molecule is CCN1CC(=O)N(Cc2ccc(Cl)nc2)CC1=O. The zero-order chi connectivity index (χ0) is 13.1. The number of pyridine rings is 1. The lowest BCUT2D eigenvalue weighted by Crippen LogP contribution is -2.53. The number of hydrogen-bond donors (Lipinski definition) is 0. The number of nitrogens with zero attached hydrogens (tertiary/aromatic N) is 3. The summed E-state index contributed by atoms with van der Waals surface area (Å²) < 4.78 is 0. The molecule has 0 unspecified atom stereocenters. The van der Waals surface area contributed by atoms with Crippen LogP contribution in [-0.2, 0) is 16.1 Å². The van der Waals surface area contributed by atoms with Gasteiger partial charge >= 0.3 is 0 Å². The molecule has 0 N–H and O–H groups in total. The first-order chi connectivity index (χ1) is 8.60. The van der Waals surface area contributed by atoms with Crippen molar-refractivity contribution in [3.8, 4) is 0 Å². The van der Waals surface area contributed by atoms with E-state index >= 15 is 0 Å².